The van der Waals surface area contributed by atoms with Gasteiger partial charge in [0.05, 0.1) is 19.0 Å². The number of hydrogen-bond acceptors (Lipinski definition) is 3. The number of carbonyl (C=O) groups excluding carboxylic acids is 1. The highest BCUT2D eigenvalue weighted by Gasteiger charge is 2.04. The second-order valence-corrected chi connectivity index (χ2v) is 3.93. The lowest BCUT2D eigenvalue weighted by molar-refractivity contribution is -0.119. The first kappa shape index (κ1) is 13.3. The van der Waals surface area contributed by atoms with E-state index in [4.69, 9.17) is 16.9 Å². The van der Waals surface area contributed by atoms with Crippen molar-refractivity contribution in [3.63, 3.8) is 0 Å². The number of nitrogens with zero attached hydrogens (tertiary/aromatic N) is 1. The van der Waals surface area contributed by atoms with Crippen LogP contribution >= 0.6 is 11.6 Å². The van der Waals surface area contributed by atoms with Crippen molar-refractivity contribution in [2.24, 2.45) is 0 Å². The van der Waals surface area contributed by atoms with Crippen molar-refractivity contribution >= 4 is 23.2 Å². The molecule has 90 valence electrons. The van der Waals surface area contributed by atoms with Crippen LogP contribution in [0.1, 0.15) is 12.0 Å². The van der Waals surface area contributed by atoms with Gasteiger partial charge in [-0.1, -0.05) is 17.7 Å². The Morgan fingerprint density at radius 3 is 3.00 bits per heavy atom. The van der Waals surface area contributed by atoms with Gasteiger partial charge < -0.3 is 10.6 Å². The first-order valence-corrected chi connectivity index (χ1v) is 5.65. The number of nitriles is 1. The number of rotatable bonds is 5. The summed E-state index contributed by atoms with van der Waals surface area (Å²) in [5.74, 6) is -0.139. The maximum absolute atomic E-state index is 11.4. The van der Waals surface area contributed by atoms with Crippen LogP contribution in [0, 0.1) is 18.3 Å². The molecule has 0 aliphatic heterocycles. The topological polar surface area (TPSA) is 64.9 Å². The standard InChI is InChI=1S/C12H14ClN3O/c1-9-10(13)4-2-5-11(9)16-8-12(17)15-7-3-6-14/h2,4-5,16H,3,7-8H2,1H3,(H,15,17). The minimum absolute atomic E-state index is 0.139. The Morgan fingerprint density at radius 1 is 1.53 bits per heavy atom. The first-order chi connectivity index (χ1) is 8.15. The summed E-state index contributed by atoms with van der Waals surface area (Å²) in [6.45, 7) is 2.44. The van der Waals surface area contributed by atoms with E-state index in [1.54, 1.807) is 6.07 Å². The zero-order valence-electron chi connectivity index (χ0n) is 9.59. The van der Waals surface area contributed by atoms with Gasteiger partial charge in [-0.2, -0.15) is 5.26 Å². The molecule has 1 amide bonds. The Bertz CT molecular complexity index is 440. The number of amides is 1. The van der Waals surface area contributed by atoms with Gasteiger partial charge in [0.2, 0.25) is 5.91 Å². The summed E-state index contributed by atoms with van der Waals surface area (Å²) in [6.07, 6.45) is 0.321. The number of carbonyl (C=O) groups is 1. The normalized spacial score (nSPS) is 9.47. The average molecular weight is 252 g/mol. The third kappa shape index (κ3) is 4.33. The zero-order chi connectivity index (χ0) is 12.7. The lowest BCUT2D eigenvalue weighted by atomic mass is 10.2. The molecule has 4 nitrogen and oxygen atoms in total. The molecule has 0 saturated carbocycles. The van der Waals surface area contributed by atoms with Crippen LogP contribution in [0.2, 0.25) is 5.02 Å². The minimum atomic E-state index is -0.139. The van der Waals surface area contributed by atoms with E-state index in [2.05, 4.69) is 10.6 Å². The number of anilines is 1. The molecular weight excluding hydrogens is 238 g/mol. The van der Waals surface area contributed by atoms with Crippen LogP contribution in [0.15, 0.2) is 18.2 Å². The summed E-state index contributed by atoms with van der Waals surface area (Å²) in [5, 5.41) is 14.6. The maximum atomic E-state index is 11.4. The van der Waals surface area contributed by atoms with E-state index < -0.39 is 0 Å². The van der Waals surface area contributed by atoms with E-state index in [-0.39, 0.29) is 12.5 Å². The van der Waals surface area contributed by atoms with E-state index in [0.717, 1.165) is 11.3 Å². The smallest absolute Gasteiger partial charge is 0.239 e. The lowest BCUT2D eigenvalue weighted by Gasteiger charge is -2.10. The summed E-state index contributed by atoms with van der Waals surface area (Å²) in [6, 6.07) is 7.45. The zero-order valence-corrected chi connectivity index (χ0v) is 10.3. The van der Waals surface area contributed by atoms with Gasteiger partial charge in [0, 0.05) is 17.3 Å². The quantitative estimate of drug-likeness (QED) is 0.788. The van der Waals surface area contributed by atoms with Gasteiger partial charge in [0.25, 0.3) is 0 Å². The van der Waals surface area contributed by atoms with Crippen LogP contribution in [0.3, 0.4) is 0 Å². The molecule has 0 bridgehead atoms. The van der Waals surface area contributed by atoms with Crippen molar-refractivity contribution in [3.05, 3.63) is 28.8 Å². The average Bonchev–Trinajstić information content (AvgIpc) is 2.31. The van der Waals surface area contributed by atoms with Crippen LogP contribution in [0.4, 0.5) is 5.69 Å². The Hall–Kier alpha value is -1.73. The van der Waals surface area contributed by atoms with Crippen LogP contribution in [0.5, 0.6) is 0 Å². The fourth-order valence-corrected chi connectivity index (χ4v) is 1.47. The van der Waals surface area contributed by atoms with Gasteiger partial charge in [-0.15, -0.1) is 0 Å². The first-order valence-electron chi connectivity index (χ1n) is 5.27. The summed E-state index contributed by atoms with van der Waals surface area (Å²) < 4.78 is 0. The summed E-state index contributed by atoms with van der Waals surface area (Å²) in [5.41, 5.74) is 1.76. The molecule has 17 heavy (non-hydrogen) atoms. The predicted molar refractivity (Wildman–Crippen MR) is 67.9 cm³/mol. The summed E-state index contributed by atoms with van der Waals surface area (Å²) in [7, 11) is 0. The Labute approximate surface area is 106 Å². The third-order valence-corrected chi connectivity index (χ3v) is 2.68. The monoisotopic (exact) mass is 251 g/mol. The molecule has 1 aromatic carbocycles. The van der Waals surface area contributed by atoms with Crippen LogP contribution in [-0.2, 0) is 4.79 Å². The van der Waals surface area contributed by atoms with Gasteiger partial charge in [-0.05, 0) is 24.6 Å². The van der Waals surface area contributed by atoms with E-state index in [1.807, 2.05) is 25.1 Å². The fourth-order valence-electron chi connectivity index (χ4n) is 1.29. The predicted octanol–water partition coefficient (Wildman–Crippen LogP) is 2.09. The number of hydrogen-bond donors (Lipinski definition) is 2. The fraction of sp³-hybridized carbons (Fsp3) is 0.333. The molecule has 0 aromatic heterocycles. The Morgan fingerprint density at radius 2 is 2.29 bits per heavy atom. The highest BCUT2D eigenvalue weighted by atomic mass is 35.5. The van der Waals surface area contributed by atoms with E-state index in [0.29, 0.717) is 18.0 Å². The second-order valence-electron chi connectivity index (χ2n) is 3.52. The molecule has 2 N–H and O–H groups in total. The van der Waals surface area contributed by atoms with Gasteiger partial charge >= 0.3 is 0 Å². The van der Waals surface area contributed by atoms with Crippen molar-refractivity contribution < 1.29 is 4.79 Å². The number of benzene rings is 1. The van der Waals surface area contributed by atoms with Crippen molar-refractivity contribution in [1.82, 2.24) is 5.32 Å². The molecule has 0 heterocycles. The summed E-state index contributed by atoms with van der Waals surface area (Å²) >= 11 is 5.95. The SMILES string of the molecule is Cc1c(Cl)cccc1NCC(=O)NCCC#N. The minimum Gasteiger partial charge on any atom is -0.376 e. The highest BCUT2D eigenvalue weighted by molar-refractivity contribution is 6.31. The largest absolute Gasteiger partial charge is 0.376 e. The molecule has 0 fully saturated rings. The molecule has 5 heteroatoms. The molecule has 0 unspecified atom stereocenters. The van der Waals surface area contributed by atoms with Crippen LogP contribution in [0.25, 0.3) is 0 Å². The molecule has 1 aromatic rings. The molecule has 0 radical (unpaired) electrons. The molecule has 1 rings (SSSR count). The van der Waals surface area contributed by atoms with Gasteiger partial charge in [-0.25, -0.2) is 0 Å². The molecule has 0 spiro atoms. The van der Waals surface area contributed by atoms with Gasteiger partial charge in [-0.3, -0.25) is 4.79 Å². The number of nitrogens with one attached hydrogen (secondary N) is 2. The van der Waals surface area contributed by atoms with Crippen molar-refractivity contribution in [2.45, 2.75) is 13.3 Å². The Balaban J connectivity index is 2.43. The molecule has 0 saturated heterocycles. The Kier molecular flexibility index (Phi) is 5.31. The van der Waals surface area contributed by atoms with Crippen molar-refractivity contribution in [1.29, 1.82) is 5.26 Å². The van der Waals surface area contributed by atoms with Crippen LogP contribution < -0.4 is 10.6 Å². The molecule has 0 atom stereocenters. The van der Waals surface area contributed by atoms with Gasteiger partial charge in [0.1, 0.15) is 0 Å². The van der Waals surface area contributed by atoms with E-state index in [1.165, 1.54) is 0 Å². The summed E-state index contributed by atoms with van der Waals surface area (Å²) in [4.78, 5) is 11.4. The maximum Gasteiger partial charge on any atom is 0.239 e. The van der Waals surface area contributed by atoms with Crippen LogP contribution in [-0.4, -0.2) is 19.0 Å². The number of halogens is 1. The third-order valence-electron chi connectivity index (χ3n) is 2.27. The molecule has 0 aliphatic carbocycles. The van der Waals surface area contributed by atoms with Crippen molar-refractivity contribution in [2.75, 3.05) is 18.4 Å². The molecule has 0 aliphatic rings. The molecular formula is C12H14ClN3O. The second kappa shape index (κ2) is 6.77. The highest BCUT2D eigenvalue weighted by Crippen LogP contribution is 2.22. The van der Waals surface area contributed by atoms with E-state index in [9.17, 15) is 4.79 Å². The van der Waals surface area contributed by atoms with Gasteiger partial charge in [0.15, 0.2) is 0 Å². The lowest BCUT2D eigenvalue weighted by Crippen LogP contribution is -2.30. The van der Waals surface area contributed by atoms with Crippen molar-refractivity contribution in [3.8, 4) is 6.07 Å². The van der Waals surface area contributed by atoms with E-state index >= 15 is 0 Å².